The maximum atomic E-state index is 13.7. The molecule has 4 heterocycles. The van der Waals surface area contributed by atoms with E-state index in [1.807, 2.05) is 13.0 Å². The fraction of sp³-hybridized carbons (Fsp3) is 0.263. The number of halogens is 4. The Morgan fingerprint density at radius 3 is 2.74 bits per heavy atom. The van der Waals surface area contributed by atoms with Gasteiger partial charge in [-0.05, 0) is 24.6 Å². The van der Waals surface area contributed by atoms with E-state index < -0.39 is 17.8 Å². The van der Waals surface area contributed by atoms with Crippen LogP contribution in [-0.4, -0.2) is 36.8 Å². The largest absolute Gasteiger partial charge is 0.433 e. The van der Waals surface area contributed by atoms with Gasteiger partial charge in [-0.2, -0.15) is 23.4 Å². The molecule has 1 N–H and O–H groups in total. The quantitative estimate of drug-likeness (QED) is 0.457. The Labute approximate surface area is 183 Å². The summed E-state index contributed by atoms with van der Waals surface area (Å²) >= 11 is 7.16. The lowest BCUT2D eigenvalue weighted by atomic mass is 10.2. The molecule has 4 rings (SSSR count). The van der Waals surface area contributed by atoms with Crippen molar-refractivity contribution >= 4 is 34.5 Å². The topological polar surface area (TPSA) is 77.1 Å². The van der Waals surface area contributed by atoms with Gasteiger partial charge in [0, 0.05) is 23.7 Å². The van der Waals surface area contributed by atoms with Crippen molar-refractivity contribution in [3.8, 4) is 10.6 Å². The van der Waals surface area contributed by atoms with E-state index in [0.29, 0.717) is 21.0 Å². The molecule has 0 spiro atoms. The third-order valence-corrected chi connectivity index (χ3v) is 5.89. The molecule has 31 heavy (non-hydrogen) atoms. The van der Waals surface area contributed by atoms with Crippen LogP contribution in [0.2, 0.25) is 5.02 Å². The molecule has 4 aromatic rings. The summed E-state index contributed by atoms with van der Waals surface area (Å²) in [4.78, 5) is 18.4. The molecule has 162 valence electrons. The van der Waals surface area contributed by atoms with Gasteiger partial charge in [-0.15, -0.1) is 11.3 Å². The molecular weight excluding hydrogens is 453 g/mol. The lowest BCUT2D eigenvalue weighted by Gasteiger charge is -2.10. The number of thiophene rings is 1. The van der Waals surface area contributed by atoms with Crippen molar-refractivity contribution in [2.45, 2.75) is 26.1 Å². The molecule has 0 aliphatic carbocycles. The third-order valence-electron chi connectivity index (χ3n) is 4.44. The molecule has 0 radical (unpaired) electrons. The second-order valence-electron chi connectivity index (χ2n) is 6.62. The molecule has 0 atom stereocenters. The Balaban J connectivity index is 1.62. The van der Waals surface area contributed by atoms with Crippen LogP contribution in [0, 0.1) is 0 Å². The highest BCUT2D eigenvalue weighted by atomic mass is 35.5. The predicted octanol–water partition coefficient (Wildman–Crippen LogP) is 4.32. The van der Waals surface area contributed by atoms with Gasteiger partial charge in [-0.1, -0.05) is 18.5 Å². The number of nitrogens with one attached hydrogen (secondary N) is 1. The highest BCUT2D eigenvalue weighted by molar-refractivity contribution is 7.15. The van der Waals surface area contributed by atoms with Crippen LogP contribution in [0.25, 0.3) is 16.2 Å². The van der Waals surface area contributed by atoms with Crippen LogP contribution < -0.4 is 5.32 Å². The van der Waals surface area contributed by atoms with Crippen molar-refractivity contribution in [3.05, 3.63) is 57.9 Å². The molecule has 1 amide bonds. The fourth-order valence-electron chi connectivity index (χ4n) is 2.95. The minimum absolute atomic E-state index is 0.0553. The number of hydrogen-bond acceptors (Lipinski definition) is 5. The molecular formula is C19H16ClF3N6OS. The lowest BCUT2D eigenvalue weighted by Crippen LogP contribution is -2.27. The number of aromatic nitrogens is 5. The van der Waals surface area contributed by atoms with E-state index in [-0.39, 0.29) is 23.6 Å². The van der Waals surface area contributed by atoms with E-state index >= 15 is 0 Å². The van der Waals surface area contributed by atoms with Crippen molar-refractivity contribution < 1.29 is 18.0 Å². The zero-order valence-corrected chi connectivity index (χ0v) is 17.7. The summed E-state index contributed by atoms with van der Waals surface area (Å²) in [6.45, 7) is 2.51. The van der Waals surface area contributed by atoms with Crippen LogP contribution in [0.15, 0.2) is 36.7 Å². The van der Waals surface area contributed by atoms with Gasteiger partial charge in [0.25, 0.3) is 5.91 Å². The summed E-state index contributed by atoms with van der Waals surface area (Å²) in [5, 5.41) is 10.9. The maximum Gasteiger partial charge on any atom is 0.433 e. The zero-order valence-electron chi connectivity index (χ0n) is 16.1. The summed E-state index contributed by atoms with van der Waals surface area (Å²) in [6.07, 6.45) is -0.834. The van der Waals surface area contributed by atoms with E-state index in [9.17, 15) is 18.0 Å². The van der Waals surface area contributed by atoms with Crippen LogP contribution in [-0.2, 0) is 19.1 Å². The van der Waals surface area contributed by atoms with E-state index in [2.05, 4.69) is 20.5 Å². The number of alkyl halides is 3. The molecule has 0 aliphatic rings. The average molecular weight is 469 g/mol. The van der Waals surface area contributed by atoms with Crippen molar-refractivity contribution in [2.75, 3.05) is 6.54 Å². The van der Waals surface area contributed by atoms with Crippen LogP contribution in [0.4, 0.5) is 13.2 Å². The van der Waals surface area contributed by atoms with Crippen LogP contribution in [0.5, 0.6) is 0 Å². The normalized spacial score (nSPS) is 11.9. The number of carbonyl (C=O) groups is 1. The zero-order chi connectivity index (χ0) is 22.2. The minimum atomic E-state index is -4.67. The molecule has 0 aromatic carbocycles. The summed E-state index contributed by atoms with van der Waals surface area (Å²) < 4.78 is 43.2. The van der Waals surface area contributed by atoms with Crippen molar-refractivity contribution in [2.24, 2.45) is 0 Å². The number of nitrogens with zero attached hydrogens (tertiary/aromatic N) is 5. The van der Waals surface area contributed by atoms with Gasteiger partial charge in [0.1, 0.15) is 0 Å². The Bertz CT molecular complexity index is 1250. The Hall–Kier alpha value is -2.92. The van der Waals surface area contributed by atoms with Crippen LogP contribution in [0.1, 0.15) is 28.0 Å². The second kappa shape index (κ2) is 8.31. The van der Waals surface area contributed by atoms with Gasteiger partial charge in [0.2, 0.25) is 0 Å². The second-order valence-corrected chi connectivity index (χ2v) is 8.23. The Morgan fingerprint density at radius 1 is 1.29 bits per heavy atom. The number of hydrogen-bond donors (Lipinski definition) is 1. The van der Waals surface area contributed by atoms with Crippen molar-refractivity contribution in [3.63, 3.8) is 0 Å². The SMILES string of the molecule is CCc1ccc(-c2cc(C(F)(F)F)n3nc(C(=O)NCCn4cc(Cl)cn4)cc3n2)s1. The monoisotopic (exact) mass is 468 g/mol. The Morgan fingerprint density at radius 2 is 2.10 bits per heavy atom. The van der Waals surface area contributed by atoms with Gasteiger partial charge in [0.05, 0.1) is 28.3 Å². The molecule has 7 nitrogen and oxygen atoms in total. The maximum absolute atomic E-state index is 13.7. The molecule has 12 heteroatoms. The first-order chi connectivity index (χ1) is 14.7. The molecule has 0 saturated heterocycles. The van der Waals surface area contributed by atoms with Gasteiger partial charge in [-0.25, -0.2) is 9.50 Å². The van der Waals surface area contributed by atoms with Crippen LogP contribution >= 0.6 is 22.9 Å². The number of rotatable bonds is 6. The first-order valence-electron chi connectivity index (χ1n) is 9.28. The molecule has 0 bridgehead atoms. The smallest absolute Gasteiger partial charge is 0.349 e. The van der Waals surface area contributed by atoms with E-state index in [1.54, 1.807) is 12.3 Å². The van der Waals surface area contributed by atoms with Gasteiger partial charge < -0.3 is 5.32 Å². The fourth-order valence-corrected chi connectivity index (χ4v) is 4.02. The minimum Gasteiger partial charge on any atom is -0.349 e. The van der Waals surface area contributed by atoms with Gasteiger partial charge in [-0.3, -0.25) is 9.48 Å². The van der Waals surface area contributed by atoms with E-state index in [0.717, 1.165) is 17.4 Å². The molecule has 4 aromatic heterocycles. The Kier molecular flexibility index (Phi) is 5.71. The average Bonchev–Trinajstić information content (AvgIpc) is 3.45. The van der Waals surface area contributed by atoms with Gasteiger partial charge in [0.15, 0.2) is 17.0 Å². The first kappa shape index (κ1) is 21.3. The number of amides is 1. The molecule has 0 aliphatic heterocycles. The third kappa shape index (κ3) is 4.57. The summed E-state index contributed by atoms with van der Waals surface area (Å²) in [6, 6.07) is 5.80. The predicted molar refractivity (Wildman–Crippen MR) is 110 cm³/mol. The number of carbonyl (C=O) groups excluding carboxylic acids is 1. The highest BCUT2D eigenvalue weighted by Gasteiger charge is 2.35. The van der Waals surface area contributed by atoms with Crippen molar-refractivity contribution in [1.82, 2.24) is 29.7 Å². The first-order valence-corrected chi connectivity index (χ1v) is 10.5. The van der Waals surface area contributed by atoms with Crippen molar-refractivity contribution in [1.29, 1.82) is 0 Å². The lowest BCUT2D eigenvalue weighted by molar-refractivity contribution is -0.142. The van der Waals surface area contributed by atoms with E-state index in [4.69, 9.17) is 11.6 Å². The highest BCUT2D eigenvalue weighted by Crippen LogP contribution is 2.34. The standard InChI is InChI=1S/C19H16ClF3N6OS/c1-2-12-3-4-15(31-12)13-7-16(19(21,22)23)29-17(26-13)8-14(27-29)18(30)24-5-6-28-10-11(20)9-25-28/h3-4,7-10H,2,5-6H2,1H3,(H,24,30). The number of aryl methyl sites for hydroxylation is 1. The number of fused-ring (bicyclic) bond motifs is 1. The molecule has 0 saturated carbocycles. The van der Waals surface area contributed by atoms with Gasteiger partial charge >= 0.3 is 6.18 Å². The summed E-state index contributed by atoms with van der Waals surface area (Å²) in [7, 11) is 0. The van der Waals surface area contributed by atoms with Crippen LogP contribution in [0.3, 0.4) is 0 Å². The molecule has 0 unspecified atom stereocenters. The van der Waals surface area contributed by atoms with E-state index in [1.165, 1.54) is 28.3 Å². The summed E-state index contributed by atoms with van der Waals surface area (Å²) in [5.41, 5.74) is -1.02. The summed E-state index contributed by atoms with van der Waals surface area (Å²) in [5.74, 6) is -0.608. The molecule has 0 fully saturated rings.